The van der Waals surface area contributed by atoms with Crippen LogP contribution in [0.1, 0.15) is 48.0 Å². The first-order chi connectivity index (χ1) is 13.2. The molecule has 2 aromatic heterocycles. The minimum absolute atomic E-state index is 0.0152. The Morgan fingerprint density at radius 3 is 2.68 bits per heavy atom. The Balaban J connectivity index is 1.67. The Morgan fingerprint density at radius 1 is 1.29 bits per heavy atom. The Hall–Kier alpha value is -1.98. The largest absolute Gasteiger partial charge is 0.292 e. The smallest absolute Gasteiger partial charge is 0.262 e. The highest BCUT2D eigenvalue weighted by Gasteiger charge is 2.31. The van der Waals surface area contributed by atoms with Gasteiger partial charge in [-0.3, -0.25) is 14.2 Å². The lowest BCUT2D eigenvalue weighted by Crippen LogP contribution is -2.27. The van der Waals surface area contributed by atoms with Crippen LogP contribution in [0.15, 0.2) is 35.4 Å². The van der Waals surface area contributed by atoms with Crippen LogP contribution < -0.4 is 5.56 Å². The highest BCUT2D eigenvalue weighted by atomic mass is 35.5. The molecule has 1 aliphatic carbocycles. The van der Waals surface area contributed by atoms with E-state index in [1.54, 1.807) is 35.6 Å². The molecule has 3 aromatic rings. The van der Waals surface area contributed by atoms with Crippen LogP contribution in [0, 0.1) is 11.3 Å². The second-order valence-corrected chi connectivity index (χ2v) is 10.1. The molecule has 4 rings (SSSR count). The molecule has 146 valence electrons. The molecule has 1 atom stereocenters. The molecule has 1 aromatic carbocycles. The summed E-state index contributed by atoms with van der Waals surface area (Å²) < 4.78 is 1.43. The highest BCUT2D eigenvalue weighted by Crippen LogP contribution is 2.41. The number of Topliss-reactive ketones (excluding diaryl/α,β-unsaturated/α-hetero) is 1. The average Bonchev–Trinajstić information content (AvgIpc) is 3.02. The third-order valence-corrected chi connectivity index (χ3v) is 7.16. The van der Waals surface area contributed by atoms with Gasteiger partial charge in [-0.15, -0.1) is 11.3 Å². The summed E-state index contributed by atoms with van der Waals surface area (Å²) in [6.07, 6.45) is 4.49. The quantitative estimate of drug-likeness (QED) is 0.557. The molecule has 4 nitrogen and oxygen atoms in total. The molecule has 0 saturated carbocycles. The maximum atomic E-state index is 13.1. The van der Waals surface area contributed by atoms with Gasteiger partial charge in [-0.2, -0.15) is 0 Å². The summed E-state index contributed by atoms with van der Waals surface area (Å²) in [4.78, 5) is 32.3. The van der Waals surface area contributed by atoms with E-state index in [4.69, 9.17) is 11.6 Å². The number of aromatic nitrogens is 2. The van der Waals surface area contributed by atoms with Crippen molar-refractivity contribution in [3.8, 4) is 0 Å². The van der Waals surface area contributed by atoms with Gasteiger partial charge in [0.1, 0.15) is 4.83 Å². The van der Waals surface area contributed by atoms with E-state index in [9.17, 15) is 9.59 Å². The number of hydrogen-bond donors (Lipinski definition) is 0. The van der Waals surface area contributed by atoms with Crippen molar-refractivity contribution >= 4 is 38.9 Å². The highest BCUT2D eigenvalue weighted by molar-refractivity contribution is 7.18. The van der Waals surface area contributed by atoms with Crippen LogP contribution in [0.2, 0.25) is 5.02 Å². The van der Waals surface area contributed by atoms with Crippen LogP contribution in [-0.4, -0.2) is 15.3 Å². The van der Waals surface area contributed by atoms with Crippen LogP contribution >= 0.6 is 22.9 Å². The van der Waals surface area contributed by atoms with E-state index in [1.165, 1.54) is 15.8 Å². The molecular weight excluding hydrogens is 392 g/mol. The minimum Gasteiger partial charge on any atom is -0.292 e. The summed E-state index contributed by atoms with van der Waals surface area (Å²) in [7, 11) is 0. The molecule has 0 radical (unpaired) electrons. The van der Waals surface area contributed by atoms with Gasteiger partial charge < -0.3 is 0 Å². The van der Waals surface area contributed by atoms with Gasteiger partial charge in [0, 0.05) is 15.5 Å². The van der Waals surface area contributed by atoms with Crippen LogP contribution in [-0.2, 0) is 19.4 Å². The second-order valence-electron chi connectivity index (χ2n) is 8.60. The number of carbonyl (C=O) groups is 1. The van der Waals surface area contributed by atoms with E-state index in [0.29, 0.717) is 21.9 Å². The van der Waals surface area contributed by atoms with Crippen LogP contribution in [0.25, 0.3) is 10.2 Å². The van der Waals surface area contributed by atoms with Gasteiger partial charge >= 0.3 is 0 Å². The predicted octanol–water partition coefficient (Wildman–Crippen LogP) is 5.15. The monoisotopic (exact) mass is 414 g/mol. The maximum Gasteiger partial charge on any atom is 0.262 e. The molecule has 1 aliphatic rings. The number of benzene rings is 1. The molecule has 28 heavy (non-hydrogen) atoms. The van der Waals surface area contributed by atoms with Crippen LogP contribution in [0.3, 0.4) is 0 Å². The van der Waals surface area contributed by atoms with Gasteiger partial charge in [-0.1, -0.05) is 32.4 Å². The normalized spacial score (nSPS) is 16.9. The van der Waals surface area contributed by atoms with E-state index < -0.39 is 0 Å². The lowest BCUT2D eigenvalue weighted by Gasteiger charge is -2.33. The van der Waals surface area contributed by atoms with E-state index in [1.807, 2.05) is 0 Å². The first-order valence-electron chi connectivity index (χ1n) is 9.52. The Kier molecular flexibility index (Phi) is 4.92. The Morgan fingerprint density at radius 2 is 2.00 bits per heavy atom. The second kappa shape index (κ2) is 7.12. The summed E-state index contributed by atoms with van der Waals surface area (Å²) in [5.74, 6) is 0.485. The molecule has 0 amide bonds. The fourth-order valence-electron chi connectivity index (χ4n) is 3.93. The van der Waals surface area contributed by atoms with Crippen molar-refractivity contribution < 1.29 is 4.79 Å². The molecular formula is C22H23ClN2O2S. The van der Waals surface area contributed by atoms with E-state index in [2.05, 4.69) is 25.8 Å². The van der Waals surface area contributed by atoms with Gasteiger partial charge in [0.2, 0.25) is 0 Å². The molecule has 2 heterocycles. The first kappa shape index (κ1) is 19.3. The zero-order valence-electron chi connectivity index (χ0n) is 16.3. The number of halogens is 1. The van der Waals surface area contributed by atoms with Gasteiger partial charge in [0.15, 0.2) is 5.78 Å². The van der Waals surface area contributed by atoms with Crippen molar-refractivity contribution in [3.63, 3.8) is 0 Å². The first-order valence-corrected chi connectivity index (χ1v) is 10.7. The number of rotatable bonds is 3. The fraction of sp³-hybridized carbons (Fsp3) is 0.409. The number of carbonyl (C=O) groups excluding carboxylic acids is 1. The molecule has 0 N–H and O–H groups in total. The standard InChI is InChI=1S/C22H23ClN2O2S/c1-22(2,3)14-6-9-16-18(10-14)28-20-19(16)21(27)25(12-24-20)11-17(26)13-4-7-15(23)8-5-13/h4-5,7-8,12,14H,6,9-11H2,1-3H3/t14-/m1/s1. The topological polar surface area (TPSA) is 52.0 Å². The Bertz CT molecular complexity index is 1110. The molecule has 0 spiro atoms. The fourth-order valence-corrected chi connectivity index (χ4v) is 5.32. The average molecular weight is 415 g/mol. The van der Waals surface area contributed by atoms with E-state index >= 15 is 0 Å². The maximum absolute atomic E-state index is 13.1. The van der Waals surface area contributed by atoms with Gasteiger partial charge in [0.25, 0.3) is 5.56 Å². The van der Waals surface area contributed by atoms with Crippen molar-refractivity contribution in [3.05, 3.63) is 62.0 Å². The summed E-state index contributed by atoms with van der Waals surface area (Å²) >= 11 is 7.52. The van der Waals surface area contributed by atoms with Crippen molar-refractivity contribution in [1.29, 1.82) is 0 Å². The Labute approximate surface area is 173 Å². The van der Waals surface area contributed by atoms with Crippen molar-refractivity contribution in [1.82, 2.24) is 9.55 Å². The zero-order valence-corrected chi connectivity index (χ0v) is 17.9. The van der Waals surface area contributed by atoms with Crippen LogP contribution in [0.4, 0.5) is 0 Å². The van der Waals surface area contributed by atoms with Crippen LogP contribution in [0.5, 0.6) is 0 Å². The lowest BCUT2D eigenvalue weighted by atomic mass is 9.72. The number of hydrogen-bond acceptors (Lipinski definition) is 4. The molecule has 6 heteroatoms. The third-order valence-electron chi connectivity index (χ3n) is 5.74. The van der Waals surface area contributed by atoms with Crippen molar-refractivity contribution in [2.24, 2.45) is 11.3 Å². The number of nitrogens with zero attached hydrogens (tertiary/aromatic N) is 2. The van der Waals surface area contributed by atoms with E-state index in [-0.39, 0.29) is 23.3 Å². The minimum atomic E-state index is -0.128. The van der Waals surface area contributed by atoms with Crippen molar-refractivity contribution in [2.45, 2.75) is 46.6 Å². The summed E-state index contributed by atoms with van der Waals surface area (Å²) in [6.45, 7) is 6.83. The third kappa shape index (κ3) is 3.53. The molecule has 0 aliphatic heterocycles. The van der Waals surface area contributed by atoms with Gasteiger partial charge in [0.05, 0.1) is 18.3 Å². The summed E-state index contributed by atoms with van der Waals surface area (Å²) in [5.41, 5.74) is 1.83. The predicted molar refractivity (Wildman–Crippen MR) is 115 cm³/mol. The molecule has 0 unspecified atom stereocenters. The molecule has 0 saturated heterocycles. The zero-order chi connectivity index (χ0) is 20.1. The van der Waals surface area contributed by atoms with Gasteiger partial charge in [-0.05, 0) is 60.4 Å². The lowest BCUT2D eigenvalue weighted by molar-refractivity contribution is 0.0970. The summed E-state index contributed by atoms with van der Waals surface area (Å²) in [6, 6.07) is 6.72. The van der Waals surface area contributed by atoms with Crippen molar-refractivity contribution in [2.75, 3.05) is 0 Å². The summed E-state index contributed by atoms with van der Waals surface area (Å²) in [5, 5.41) is 1.29. The SMILES string of the molecule is CC(C)(C)[C@@H]1CCc2c(sc3ncn(CC(=O)c4ccc(Cl)cc4)c(=O)c23)C1. The number of thiophene rings is 1. The van der Waals surface area contributed by atoms with E-state index in [0.717, 1.165) is 29.7 Å². The van der Waals surface area contributed by atoms with Gasteiger partial charge in [-0.25, -0.2) is 4.98 Å². The molecule has 0 fully saturated rings. The number of fused-ring (bicyclic) bond motifs is 3. The number of aryl methyl sites for hydroxylation is 1. The molecule has 0 bridgehead atoms. The number of ketones is 1.